The Kier molecular flexibility index (Phi) is 5.63. The fraction of sp³-hybridized carbons (Fsp3) is 0.600. The highest BCUT2D eigenvalue weighted by Crippen LogP contribution is 2.23. The van der Waals surface area contributed by atoms with Crippen LogP contribution < -0.4 is 10.5 Å². The molecule has 1 aromatic rings. The molecule has 1 aliphatic rings. The van der Waals surface area contributed by atoms with E-state index in [1.165, 1.54) is 32.4 Å². The van der Waals surface area contributed by atoms with Crippen LogP contribution in [0.5, 0.6) is 5.75 Å². The van der Waals surface area contributed by atoms with Crippen LogP contribution in [-0.2, 0) is 0 Å². The van der Waals surface area contributed by atoms with Gasteiger partial charge in [0.05, 0.1) is 12.6 Å². The van der Waals surface area contributed by atoms with Gasteiger partial charge in [-0.05, 0) is 32.0 Å². The van der Waals surface area contributed by atoms with Gasteiger partial charge in [0.25, 0.3) is 0 Å². The van der Waals surface area contributed by atoms with E-state index in [2.05, 4.69) is 4.90 Å². The minimum atomic E-state index is -0.369. The number of aliphatic hydroxyl groups excluding tert-OH is 1. The van der Waals surface area contributed by atoms with Crippen molar-refractivity contribution in [3.05, 3.63) is 29.8 Å². The summed E-state index contributed by atoms with van der Waals surface area (Å²) in [6.07, 6.45) is 3.95. The summed E-state index contributed by atoms with van der Waals surface area (Å²) >= 11 is 0. The normalized spacial score (nSPS) is 18.2. The second-order valence-electron chi connectivity index (χ2n) is 5.08. The second-order valence-corrected chi connectivity index (χ2v) is 5.08. The smallest absolute Gasteiger partial charge is 0.124 e. The Balaban J connectivity index is 1.84. The molecule has 1 heterocycles. The number of hydrogen-bond donors (Lipinski definition) is 2. The zero-order chi connectivity index (χ0) is 13.5. The molecule has 0 saturated carbocycles. The van der Waals surface area contributed by atoms with Gasteiger partial charge in [0, 0.05) is 12.1 Å². The van der Waals surface area contributed by atoms with Crippen molar-refractivity contribution < 1.29 is 9.84 Å². The van der Waals surface area contributed by atoms with Gasteiger partial charge in [0.15, 0.2) is 0 Å². The summed E-state index contributed by atoms with van der Waals surface area (Å²) in [5.41, 5.74) is 6.75. The molecule has 0 aliphatic carbocycles. The van der Waals surface area contributed by atoms with Crippen molar-refractivity contribution in [1.82, 2.24) is 4.90 Å². The van der Waals surface area contributed by atoms with E-state index in [0.717, 1.165) is 17.9 Å². The number of ether oxygens (including phenoxy) is 1. The molecule has 1 aliphatic heterocycles. The van der Waals surface area contributed by atoms with Gasteiger partial charge in [-0.3, -0.25) is 4.90 Å². The summed E-state index contributed by atoms with van der Waals surface area (Å²) in [4.78, 5) is 2.44. The number of para-hydroxylation sites is 1. The third-order valence-corrected chi connectivity index (χ3v) is 3.63. The Morgan fingerprint density at radius 3 is 2.68 bits per heavy atom. The van der Waals surface area contributed by atoms with Crippen LogP contribution >= 0.6 is 0 Å². The van der Waals surface area contributed by atoms with E-state index in [-0.39, 0.29) is 12.6 Å². The highest BCUT2D eigenvalue weighted by atomic mass is 16.5. The third kappa shape index (κ3) is 4.20. The van der Waals surface area contributed by atoms with E-state index in [9.17, 15) is 0 Å². The van der Waals surface area contributed by atoms with E-state index in [0.29, 0.717) is 6.61 Å². The van der Waals surface area contributed by atoms with Gasteiger partial charge in [-0.1, -0.05) is 24.6 Å². The lowest BCUT2D eigenvalue weighted by atomic mass is 10.1. The lowest BCUT2D eigenvalue weighted by Crippen LogP contribution is -2.33. The van der Waals surface area contributed by atoms with Gasteiger partial charge in [0.2, 0.25) is 0 Å². The number of aliphatic hydroxyl groups is 1. The van der Waals surface area contributed by atoms with Gasteiger partial charge in [0.1, 0.15) is 12.4 Å². The molecule has 0 aromatic heterocycles. The Labute approximate surface area is 115 Å². The maximum atomic E-state index is 9.15. The molecule has 3 N–H and O–H groups in total. The van der Waals surface area contributed by atoms with Crippen LogP contribution in [0, 0.1) is 0 Å². The molecule has 1 atom stereocenters. The number of nitrogens with two attached hydrogens (primary N) is 1. The second kappa shape index (κ2) is 7.48. The Morgan fingerprint density at radius 2 is 1.95 bits per heavy atom. The van der Waals surface area contributed by atoms with Crippen LogP contribution in [0.3, 0.4) is 0 Å². The van der Waals surface area contributed by atoms with Crippen LogP contribution in [0.4, 0.5) is 0 Å². The Bertz CT molecular complexity index is 378. The topological polar surface area (TPSA) is 58.7 Å². The number of hydrogen-bond acceptors (Lipinski definition) is 4. The highest BCUT2D eigenvalue weighted by Gasteiger charge is 2.12. The standard InChI is InChI=1S/C15H24N2O2/c16-14(12-18)13-6-2-3-7-15(13)19-11-10-17-8-4-1-5-9-17/h2-3,6-7,14,18H,1,4-5,8-12,16H2/t14-/m0/s1. The van der Waals surface area contributed by atoms with Crippen molar-refractivity contribution in [2.45, 2.75) is 25.3 Å². The number of benzene rings is 1. The summed E-state index contributed by atoms with van der Waals surface area (Å²) in [5.74, 6) is 0.793. The first kappa shape index (κ1) is 14.3. The average molecular weight is 264 g/mol. The van der Waals surface area contributed by atoms with Crippen molar-refractivity contribution in [3.8, 4) is 5.75 Å². The molecule has 0 amide bonds. The molecule has 4 heteroatoms. The maximum absolute atomic E-state index is 9.15. The van der Waals surface area contributed by atoms with Crippen molar-refractivity contribution in [3.63, 3.8) is 0 Å². The molecule has 19 heavy (non-hydrogen) atoms. The van der Waals surface area contributed by atoms with Crippen LogP contribution in [0.2, 0.25) is 0 Å². The first-order valence-corrected chi connectivity index (χ1v) is 7.12. The quantitative estimate of drug-likeness (QED) is 0.818. The number of rotatable bonds is 6. The molecule has 1 saturated heterocycles. The molecular formula is C15H24N2O2. The third-order valence-electron chi connectivity index (χ3n) is 3.63. The van der Waals surface area contributed by atoms with Gasteiger partial charge in [-0.25, -0.2) is 0 Å². The molecule has 0 radical (unpaired) electrons. The molecule has 0 spiro atoms. The molecule has 0 bridgehead atoms. The molecule has 2 rings (SSSR count). The molecule has 0 unspecified atom stereocenters. The van der Waals surface area contributed by atoms with Gasteiger partial charge in [-0.15, -0.1) is 0 Å². The number of piperidine rings is 1. The van der Waals surface area contributed by atoms with Crippen LogP contribution in [0.15, 0.2) is 24.3 Å². The van der Waals surface area contributed by atoms with Crippen molar-refractivity contribution >= 4 is 0 Å². The van der Waals surface area contributed by atoms with E-state index < -0.39 is 0 Å². The van der Waals surface area contributed by atoms with Gasteiger partial charge in [-0.2, -0.15) is 0 Å². The van der Waals surface area contributed by atoms with Gasteiger partial charge >= 0.3 is 0 Å². The zero-order valence-electron chi connectivity index (χ0n) is 11.4. The monoisotopic (exact) mass is 264 g/mol. The SMILES string of the molecule is N[C@@H](CO)c1ccccc1OCCN1CCCCC1. The highest BCUT2D eigenvalue weighted by molar-refractivity contribution is 5.35. The molecule has 4 nitrogen and oxygen atoms in total. The fourth-order valence-electron chi connectivity index (χ4n) is 2.48. The lowest BCUT2D eigenvalue weighted by Gasteiger charge is -2.26. The average Bonchev–Trinajstić information content (AvgIpc) is 2.48. The Morgan fingerprint density at radius 1 is 1.21 bits per heavy atom. The molecule has 106 valence electrons. The van der Waals surface area contributed by atoms with Crippen LogP contribution in [0.25, 0.3) is 0 Å². The van der Waals surface area contributed by atoms with Crippen molar-refractivity contribution in [2.24, 2.45) is 5.73 Å². The minimum Gasteiger partial charge on any atom is -0.492 e. The fourth-order valence-corrected chi connectivity index (χ4v) is 2.48. The predicted molar refractivity (Wildman–Crippen MR) is 76.2 cm³/mol. The zero-order valence-corrected chi connectivity index (χ0v) is 11.4. The van der Waals surface area contributed by atoms with E-state index in [1.807, 2.05) is 24.3 Å². The Hall–Kier alpha value is -1.10. The van der Waals surface area contributed by atoms with Crippen molar-refractivity contribution in [2.75, 3.05) is 32.8 Å². The van der Waals surface area contributed by atoms with Crippen LogP contribution in [-0.4, -0.2) is 42.9 Å². The van der Waals surface area contributed by atoms with E-state index in [1.54, 1.807) is 0 Å². The molecular weight excluding hydrogens is 240 g/mol. The first-order chi connectivity index (χ1) is 9.31. The molecule has 1 aromatic carbocycles. The number of nitrogens with zero attached hydrogens (tertiary/aromatic N) is 1. The summed E-state index contributed by atoms with van der Waals surface area (Å²) in [6, 6.07) is 7.32. The maximum Gasteiger partial charge on any atom is 0.124 e. The number of likely N-dealkylation sites (tertiary alicyclic amines) is 1. The lowest BCUT2D eigenvalue weighted by molar-refractivity contribution is 0.181. The predicted octanol–water partition coefficient (Wildman–Crippen LogP) is 1.54. The van der Waals surface area contributed by atoms with Crippen LogP contribution in [0.1, 0.15) is 30.9 Å². The summed E-state index contributed by atoms with van der Waals surface area (Å²) < 4.78 is 5.83. The summed E-state index contributed by atoms with van der Waals surface area (Å²) in [7, 11) is 0. The van der Waals surface area contributed by atoms with E-state index >= 15 is 0 Å². The minimum absolute atomic E-state index is 0.0630. The van der Waals surface area contributed by atoms with Crippen molar-refractivity contribution in [1.29, 1.82) is 0 Å². The summed E-state index contributed by atoms with van der Waals surface area (Å²) in [5, 5.41) is 9.15. The molecule has 1 fully saturated rings. The van der Waals surface area contributed by atoms with Gasteiger partial charge < -0.3 is 15.6 Å². The van der Waals surface area contributed by atoms with E-state index in [4.69, 9.17) is 15.6 Å². The first-order valence-electron chi connectivity index (χ1n) is 7.12. The summed E-state index contributed by atoms with van der Waals surface area (Å²) in [6.45, 7) is 3.94. The largest absolute Gasteiger partial charge is 0.492 e.